The smallest absolute Gasteiger partial charge is 0.227 e. The highest BCUT2D eigenvalue weighted by Gasteiger charge is 2.28. The zero-order valence-corrected chi connectivity index (χ0v) is 15.0. The van der Waals surface area contributed by atoms with Gasteiger partial charge >= 0.3 is 0 Å². The van der Waals surface area contributed by atoms with Crippen LogP contribution in [0.2, 0.25) is 0 Å². The molecule has 1 heterocycles. The topological polar surface area (TPSA) is 32.3 Å². The third-order valence-corrected chi connectivity index (χ3v) is 5.35. The summed E-state index contributed by atoms with van der Waals surface area (Å²) in [5.41, 5.74) is 2.29. The van der Waals surface area contributed by atoms with Gasteiger partial charge in [0.25, 0.3) is 0 Å². The second-order valence-corrected chi connectivity index (χ2v) is 7.06. The average Bonchev–Trinajstić information content (AvgIpc) is 2.68. The number of amides is 1. The maximum Gasteiger partial charge on any atom is 0.227 e. The first kappa shape index (κ1) is 17.7. The van der Waals surface area contributed by atoms with Crippen molar-refractivity contribution in [3.8, 4) is 0 Å². The van der Waals surface area contributed by atoms with E-state index >= 15 is 0 Å². The summed E-state index contributed by atoms with van der Waals surface area (Å²) in [7, 11) is 0. The van der Waals surface area contributed by atoms with Gasteiger partial charge in [0, 0.05) is 18.2 Å². The van der Waals surface area contributed by atoms with Gasteiger partial charge in [-0.2, -0.15) is 0 Å². The first-order valence-electron chi connectivity index (χ1n) is 9.34. The van der Waals surface area contributed by atoms with E-state index in [0.29, 0.717) is 5.92 Å². The Morgan fingerprint density at radius 1 is 1.04 bits per heavy atom. The molecule has 3 rings (SSSR count). The van der Waals surface area contributed by atoms with E-state index in [4.69, 9.17) is 0 Å². The van der Waals surface area contributed by atoms with Crippen LogP contribution in [0, 0.1) is 11.8 Å². The Hall–Kier alpha value is -2.13. The van der Waals surface area contributed by atoms with Gasteiger partial charge in [0.2, 0.25) is 5.91 Å². The molecule has 1 aliphatic heterocycles. The number of carbonyl (C=O) groups excluding carboxylic acids is 1. The third kappa shape index (κ3) is 5.17. The number of benzene rings is 2. The maximum absolute atomic E-state index is 12.5. The molecule has 1 unspecified atom stereocenters. The molecule has 0 radical (unpaired) electrons. The van der Waals surface area contributed by atoms with Crippen LogP contribution in [-0.4, -0.2) is 30.4 Å². The second kappa shape index (κ2) is 8.82. The molecule has 132 valence electrons. The van der Waals surface area contributed by atoms with E-state index in [2.05, 4.69) is 47.5 Å². The van der Waals surface area contributed by atoms with Crippen molar-refractivity contribution < 1.29 is 4.79 Å². The van der Waals surface area contributed by atoms with Gasteiger partial charge in [-0.3, -0.25) is 4.79 Å². The fourth-order valence-electron chi connectivity index (χ4n) is 3.60. The van der Waals surface area contributed by atoms with Gasteiger partial charge in [-0.1, -0.05) is 55.5 Å². The number of para-hydroxylation sites is 1. The number of anilines is 1. The zero-order chi connectivity index (χ0) is 17.5. The quantitative estimate of drug-likeness (QED) is 0.857. The summed E-state index contributed by atoms with van der Waals surface area (Å²) in [5, 5.41) is 3.04. The van der Waals surface area contributed by atoms with Crippen LogP contribution in [0.25, 0.3) is 0 Å². The molecular formula is C22H28N2O. The molecule has 1 saturated heterocycles. The van der Waals surface area contributed by atoms with Crippen LogP contribution in [0.4, 0.5) is 5.69 Å². The summed E-state index contributed by atoms with van der Waals surface area (Å²) >= 11 is 0. The van der Waals surface area contributed by atoms with Crippen LogP contribution >= 0.6 is 0 Å². The Morgan fingerprint density at radius 2 is 1.64 bits per heavy atom. The van der Waals surface area contributed by atoms with Crippen molar-refractivity contribution >= 4 is 11.6 Å². The Kier molecular flexibility index (Phi) is 6.24. The summed E-state index contributed by atoms with van der Waals surface area (Å²) in [4.78, 5) is 15.0. The molecule has 1 atom stereocenters. The Labute approximate surface area is 151 Å². The highest BCUT2D eigenvalue weighted by molar-refractivity contribution is 5.92. The Morgan fingerprint density at radius 3 is 2.28 bits per heavy atom. The van der Waals surface area contributed by atoms with Crippen molar-refractivity contribution in [2.45, 2.75) is 26.2 Å². The molecule has 0 aliphatic carbocycles. The number of hydrogen-bond donors (Lipinski definition) is 1. The number of carbonyl (C=O) groups is 1. The molecule has 1 N–H and O–H groups in total. The van der Waals surface area contributed by atoms with Crippen molar-refractivity contribution in [3.05, 3.63) is 66.2 Å². The molecule has 2 aromatic rings. The van der Waals surface area contributed by atoms with Gasteiger partial charge in [-0.15, -0.1) is 0 Å². The number of rotatable bonds is 6. The number of nitrogens with zero attached hydrogens (tertiary/aromatic N) is 1. The van der Waals surface area contributed by atoms with Crippen molar-refractivity contribution in [3.63, 3.8) is 0 Å². The van der Waals surface area contributed by atoms with E-state index in [-0.39, 0.29) is 11.8 Å². The van der Waals surface area contributed by atoms with Gasteiger partial charge in [0.05, 0.1) is 0 Å². The molecule has 25 heavy (non-hydrogen) atoms. The minimum Gasteiger partial charge on any atom is -0.326 e. The number of nitrogens with one attached hydrogen (secondary N) is 1. The Bertz CT molecular complexity index is 648. The van der Waals surface area contributed by atoms with Crippen LogP contribution in [0.1, 0.15) is 25.3 Å². The number of likely N-dealkylation sites (tertiary alicyclic amines) is 1. The summed E-state index contributed by atoms with van der Waals surface area (Å²) in [6.07, 6.45) is 3.33. The lowest BCUT2D eigenvalue weighted by molar-refractivity contribution is -0.121. The fraction of sp³-hybridized carbons (Fsp3) is 0.409. The lowest BCUT2D eigenvalue weighted by atomic mass is 9.84. The molecule has 0 aromatic heterocycles. The van der Waals surface area contributed by atoms with E-state index in [9.17, 15) is 4.79 Å². The van der Waals surface area contributed by atoms with Gasteiger partial charge < -0.3 is 10.2 Å². The summed E-state index contributed by atoms with van der Waals surface area (Å²) in [6, 6.07) is 20.4. The van der Waals surface area contributed by atoms with Crippen LogP contribution in [-0.2, 0) is 11.2 Å². The van der Waals surface area contributed by atoms with Crippen LogP contribution in [0.3, 0.4) is 0 Å². The highest BCUT2D eigenvalue weighted by Crippen LogP contribution is 2.26. The molecule has 0 bridgehead atoms. The second-order valence-electron chi connectivity index (χ2n) is 7.06. The summed E-state index contributed by atoms with van der Waals surface area (Å²) in [6.45, 7) is 5.38. The molecular weight excluding hydrogens is 308 g/mol. The van der Waals surface area contributed by atoms with E-state index < -0.39 is 0 Å². The van der Waals surface area contributed by atoms with E-state index in [1.807, 2.05) is 30.3 Å². The molecule has 3 heteroatoms. The van der Waals surface area contributed by atoms with E-state index in [0.717, 1.165) is 44.6 Å². The molecule has 2 aromatic carbocycles. The number of hydrogen-bond acceptors (Lipinski definition) is 2. The Balaban J connectivity index is 1.42. The molecule has 3 nitrogen and oxygen atoms in total. The molecule has 0 saturated carbocycles. The standard InChI is InChI=1S/C22H28N2O/c1-18(22(25)23-21-10-6-3-7-11-21)20-13-16-24(17-14-20)15-12-19-8-4-2-5-9-19/h2-11,18,20H,12-17H2,1H3,(H,23,25). The fourth-order valence-corrected chi connectivity index (χ4v) is 3.60. The molecule has 1 amide bonds. The first-order valence-corrected chi connectivity index (χ1v) is 9.34. The van der Waals surface area contributed by atoms with Gasteiger partial charge in [0.1, 0.15) is 0 Å². The average molecular weight is 336 g/mol. The van der Waals surface area contributed by atoms with Crippen LogP contribution in [0.15, 0.2) is 60.7 Å². The minimum absolute atomic E-state index is 0.0662. The maximum atomic E-state index is 12.5. The van der Waals surface area contributed by atoms with Gasteiger partial charge in [0.15, 0.2) is 0 Å². The highest BCUT2D eigenvalue weighted by atomic mass is 16.1. The van der Waals surface area contributed by atoms with Gasteiger partial charge in [-0.25, -0.2) is 0 Å². The van der Waals surface area contributed by atoms with Crippen molar-refractivity contribution in [1.82, 2.24) is 4.90 Å². The van der Waals surface area contributed by atoms with Crippen molar-refractivity contribution in [2.24, 2.45) is 11.8 Å². The normalized spacial score (nSPS) is 17.2. The lowest BCUT2D eigenvalue weighted by Crippen LogP contribution is -2.39. The summed E-state index contributed by atoms with van der Waals surface area (Å²) < 4.78 is 0. The molecule has 1 aliphatic rings. The predicted octanol–water partition coefficient (Wildman–Crippen LogP) is 4.22. The molecule has 0 spiro atoms. The van der Waals surface area contributed by atoms with Gasteiger partial charge in [-0.05, 0) is 56.0 Å². The minimum atomic E-state index is 0.0662. The van der Waals surface area contributed by atoms with E-state index in [1.165, 1.54) is 5.56 Å². The summed E-state index contributed by atoms with van der Waals surface area (Å²) in [5.74, 6) is 0.696. The third-order valence-electron chi connectivity index (χ3n) is 5.35. The predicted molar refractivity (Wildman–Crippen MR) is 104 cm³/mol. The van der Waals surface area contributed by atoms with Crippen molar-refractivity contribution in [1.29, 1.82) is 0 Å². The van der Waals surface area contributed by atoms with Crippen LogP contribution in [0.5, 0.6) is 0 Å². The van der Waals surface area contributed by atoms with Crippen molar-refractivity contribution in [2.75, 3.05) is 25.0 Å². The first-order chi connectivity index (χ1) is 12.2. The lowest BCUT2D eigenvalue weighted by Gasteiger charge is -2.34. The number of piperidine rings is 1. The largest absolute Gasteiger partial charge is 0.326 e. The monoisotopic (exact) mass is 336 g/mol. The zero-order valence-electron chi connectivity index (χ0n) is 15.0. The van der Waals surface area contributed by atoms with Crippen LogP contribution < -0.4 is 5.32 Å². The van der Waals surface area contributed by atoms with E-state index in [1.54, 1.807) is 0 Å². The SMILES string of the molecule is CC(C(=O)Nc1ccccc1)C1CCN(CCc2ccccc2)CC1. The molecule has 1 fully saturated rings.